The van der Waals surface area contributed by atoms with Gasteiger partial charge in [-0.05, 0) is 69.5 Å². The third-order valence-electron chi connectivity index (χ3n) is 6.92. The standard InChI is InChI=1S/C24H30F3N3O/c1-30(17-19-14-20(16-28-15-19)24(25,26)27)12-9-22(21-6-2-5-11-29-21)10-13-31-23(18-22)7-3-4-8-23/h2,5-6,11,14-16H,3-4,7-10,12-13,17-18H2,1H3/t22-/m1/s1. The zero-order chi connectivity index (χ0) is 22.0. The summed E-state index contributed by atoms with van der Waals surface area (Å²) in [7, 11) is 1.96. The molecule has 0 amide bonds. The molecule has 31 heavy (non-hydrogen) atoms. The first-order valence-electron chi connectivity index (χ1n) is 11.1. The van der Waals surface area contributed by atoms with Crippen LogP contribution in [0.15, 0.2) is 42.9 Å². The zero-order valence-corrected chi connectivity index (χ0v) is 18.0. The molecule has 0 bridgehead atoms. The number of pyridine rings is 2. The Balaban J connectivity index is 1.48. The Morgan fingerprint density at radius 1 is 1.13 bits per heavy atom. The number of halogens is 3. The number of nitrogens with zero attached hydrogens (tertiary/aromatic N) is 3. The Bertz CT molecular complexity index is 868. The van der Waals surface area contributed by atoms with Crippen molar-refractivity contribution >= 4 is 0 Å². The van der Waals surface area contributed by atoms with E-state index in [9.17, 15) is 13.2 Å². The SMILES string of the molecule is CN(CC[C@@]1(c2ccccn2)CCOC2(CCCC2)C1)Cc1cncc(C(F)(F)F)c1. The summed E-state index contributed by atoms with van der Waals surface area (Å²) in [5.74, 6) is 0. The van der Waals surface area contributed by atoms with Crippen LogP contribution in [0.3, 0.4) is 0 Å². The summed E-state index contributed by atoms with van der Waals surface area (Å²) in [6.45, 7) is 1.93. The molecule has 7 heteroatoms. The normalized spacial score (nSPS) is 23.5. The van der Waals surface area contributed by atoms with Gasteiger partial charge in [0.1, 0.15) is 0 Å². The van der Waals surface area contributed by atoms with Crippen LogP contribution in [-0.4, -0.2) is 40.7 Å². The van der Waals surface area contributed by atoms with E-state index in [1.54, 1.807) is 0 Å². The van der Waals surface area contributed by atoms with E-state index < -0.39 is 11.7 Å². The lowest BCUT2D eigenvalue weighted by atomic mass is 9.68. The Morgan fingerprint density at radius 2 is 1.94 bits per heavy atom. The van der Waals surface area contributed by atoms with Crippen LogP contribution in [0.2, 0.25) is 0 Å². The van der Waals surface area contributed by atoms with Gasteiger partial charge >= 0.3 is 6.18 Å². The second kappa shape index (κ2) is 8.87. The fraction of sp³-hybridized carbons (Fsp3) is 0.583. The van der Waals surface area contributed by atoms with Crippen LogP contribution >= 0.6 is 0 Å². The van der Waals surface area contributed by atoms with E-state index in [4.69, 9.17) is 9.72 Å². The maximum Gasteiger partial charge on any atom is 0.417 e. The van der Waals surface area contributed by atoms with Gasteiger partial charge in [0.05, 0.1) is 11.2 Å². The van der Waals surface area contributed by atoms with Crippen LogP contribution < -0.4 is 0 Å². The molecule has 0 aromatic carbocycles. The first-order chi connectivity index (χ1) is 14.8. The van der Waals surface area contributed by atoms with Gasteiger partial charge < -0.3 is 9.64 Å². The Morgan fingerprint density at radius 3 is 2.65 bits per heavy atom. The molecule has 1 saturated heterocycles. The minimum atomic E-state index is -4.37. The molecule has 3 heterocycles. The second-order valence-corrected chi connectivity index (χ2v) is 9.23. The molecule has 0 radical (unpaired) electrons. The van der Waals surface area contributed by atoms with Crippen LogP contribution in [0.4, 0.5) is 13.2 Å². The molecule has 168 valence electrons. The summed E-state index contributed by atoms with van der Waals surface area (Å²) >= 11 is 0. The van der Waals surface area contributed by atoms with Crippen LogP contribution in [-0.2, 0) is 22.9 Å². The summed E-state index contributed by atoms with van der Waals surface area (Å²) < 4.78 is 45.3. The summed E-state index contributed by atoms with van der Waals surface area (Å²) in [6, 6.07) is 7.29. The largest absolute Gasteiger partial charge is 0.417 e. The van der Waals surface area contributed by atoms with Gasteiger partial charge in [-0.3, -0.25) is 9.97 Å². The fourth-order valence-electron chi connectivity index (χ4n) is 5.32. The Labute approximate surface area is 181 Å². The van der Waals surface area contributed by atoms with Gasteiger partial charge in [0.15, 0.2) is 0 Å². The van der Waals surface area contributed by atoms with Gasteiger partial charge in [-0.2, -0.15) is 13.2 Å². The first-order valence-corrected chi connectivity index (χ1v) is 11.1. The molecule has 1 aliphatic heterocycles. The molecule has 2 aromatic heterocycles. The summed E-state index contributed by atoms with van der Waals surface area (Å²) in [4.78, 5) is 10.6. The average molecular weight is 434 g/mol. The third kappa shape index (κ3) is 5.09. The van der Waals surface area contributed by atoms with Crippen molar-refractivity contribution in [3.05, 3.63) is 59.7 Å². The van der Waals surface area contributed by atoms with Gasteiger partial charge in [0, 0.05) is 42.9 Å². The number of aromatic nitrogens is 2. The van der Waals surface area contributed by atoms with Gasteiger partial charge in [-0.25, -0.2) is 0 Å². The molecule has 0 unspecified atom stereocenters. The number of hydrogen-bond donors (Lipinski definition) is 0. The van der Waals surface area contributed by atoms with Crippen molar-refractivity contribution in [2.75, 3.05) is 20.2 Å². The number of ether oxygens (including phenoxy) is 1. The average Bonchev–Trinajstić information content (AvgIpc) is 3.20. The molecule has 1 aliphatic carbocycles. The molecular formula is C24H30F3N3O. The van der Waals surface area contributed by atoms with Crippen molar-refractivity contribution in [2.45, 2.75) is 68.7 Å². The van der Waals surface area contributed by atoms with E-state index in [1.165, 1.54) is 25.1 Å². The predicted molar refractivity (Wildman–Crippen MR) is 112 cm³/mol. The molecule has 1 atom stereocenters. The smallest absolute Gasteiger partial charge is 0.375 e. The van der Waals surface area contributed by atoms with Crippen molar-refractivity contribution in [1.82, 2.24) is 14.9 Å². The summed E-state index contributed by atoms with van der Waals surface area (Å²) in [5, 5.41) is 0. The quantitative estimate of drug-likeness (QED) is 0.613. The maximum absolute atomic E-state index is 13.0. The lowest BCUT2D eigenvalue weighted by molar-refractivity contribution is -0.137. The molecule has 1 saturated carbocycles. The molecule has 0 N–H and O–H groups in total. The molecule has 2 aromatic rings. The predicted octanol–water partition coefficient (Wildman–Crippen LogP) is 5.38. The highest BCUT2D eigenvalue weighted by atomic mass is 19.4. The topological polar surface area (TPSA) is 38.2 Å². The van der Waals surface area contributed by atoms with Gasteiger partial charge in [-0.1, -0.05) is 18.9 Å². The van der Waals surface area contributed by atoms with Crippen LogP contribution in [0, 0.1) is 0 Å². The van der Waals surface area contributed by atoms with Crippen molar-refractivity contribution in [3.8, 4) is 0 Å². The van der Waals surface area contributed by atoms with Crippen LogP contribution in [0.1, 0.15) is 61.8 Å². The molecule has 4 nitrogen and oxygen atoms in total. The van der Waals surface area contributed by atoms with E-state index in [2.05, 4.69) is 16.0 Å². The van der Waals surface area contributed by atoms with Gasteiger partial charge in [0.2, 0.25) is 0 Å². The minimum absolute atomic E-state index is 0.0424. The maximum atomic E-state index is 13.0. The highest BCUT2D eigenvalue weighted by Crippen LogP contribution is 2.49. The van der Waals surface area contributed by atoms with Crippen molar-refractivity contribution in [1.29, 1.82) is 0 Å². The monoisotopic (exact) mass is 433 g/mol. The van der Waals surface area contributed by atoms with E-state index in [1.807, 2.05) is 25.4 Å². The van der Waals surface area contributed by atoms with Crippen molar-refractivity contribution < 1.29 is 17.9 Å². The summed E-state index contributed by atoms with van der Waals surface area (Å²) in [5.41, 5.74) is 0.877. The fourth-order valence-corrected chi connectivity index (χ4v) is 5.32. The van der Waals surface area contributed by atoms with Crippen LogP contribution in [0.25, 0.3) is 0 Å². The van der Waals surface area contributed by atoms with Crippen LogP contribution in [0.5, 0.6) is 0 Å². The van der Waals surface area contributed by atoms with Crippen molar-refractivity contribution in [2.24, 2.45) is 0 Å². The molecule has 1 spiro atoms. The first kappa shape index (κ1) is 22.2. The molecule has 4 rings (SSSR count). The van der Waals surface area contributed by atoms with E-state index in [0.29, 0.717) is 12.1 Å². The molecule has 2 aliphatic rings. The Hall–Kier alpha value is -1.99. The van der Waals surface area contributed by atoms with Crippen molar-refractivity contribution in [3.63, 3.8) is 0 Å². The van der Waals surface area contributed by atoms with E-state index in [0.717, 1.165) is 57.1 Å². The number of rotatable bonds is 6. The lowest BCUT2D eigenvalue weighted by Crippen LogP contribution is -2.47. The highest BCUT2D eigenvalue weighted by molar-refractivity contribution is 5.22. The van der Waals surface area contributed by atoms with E-state index >= 15 is 0 Å². The van der Waals surface area contributed by atoms with E-state index in [-0.39, 0.29) is 11.0 Å². The highest BCUT2D eigenvalue weighted by Gasteiger charge is 2.48. The van der Waals surface area contributed by atoms with Gasteiger partial charge in [-0.15, -0.1) is 0 Å². The van der Waals surface area contributed by atoms with Gasteiger partial charge in [0.25, 0.3) is 0 Å². The minimum Gasteiger partial charge on any atom is -0.375 e. The third-order valence-corrected chi connectivity index (χ3v) is 6.92. The zero-order valence-electron chi connectivity index (χ0n) is 18.0. The second-order valence-electron chi connectivity index (χ2n) is 9.23. The number of alkyl halides is 3. The summed E-state index contributed by atoms with van der Waals surface area (Å²) in [6.07, 6.45) is 7.29. The number of hydrogen-bond acceptors (Lipinski definition) is 4. The molecule has 2 fully saturated rings. The lowest BCUT2D eigenvalue weighted by Gasteiger charge is -2.47. The molecular weight excluding hydrogens is 403 g/mol. The Kier molecular flexibility index (Phi) is 6.35.